The van der Waals surface area contributed by atoms with Crippen LogP contribution < -0.4 is 14.9 Å². The molecule has 0 N–H and O–H groups in total. The summed E-state index contributed by atoms with van der Waals surface area (Å²) >= 11 is 7.35. The SMILES string of the molecule is CCOC(=O)C1=C(c2ccccc2)N=c2s/c(=C\c3ccc(F)cc3)c(=O)n2[C@H]1c1ccc(Cl)cc1. The summed E-state index contributed by atoms with van der Waals surface area (Å²) in [4.78, 5) is 32.3. The first kappa shape index (κ1) is 23.9. The number of hydrogen-bond acceptors (Lipinski definition) is 5. The number of hydrogen-bond donors (Lipinski definition) is 0. The number of thiazole rings is 1. The molecule has 3 aromatic carbocycles. The molecule has 0 unspecified atom stereocenters. The Morgan fingerprint density at radius 2 is 1.78 bits per heavy atom. The molecule has 0 amide bonds. The van der Waals surface area contributed by atoms with E-state index in [1.807, 2.05) is 30.3 Å². The van der Waals surface area contributed by atoms with Crippen LogP contribution in [0.3, 0.4) is 0 Å². The third-order valence-electron chi connectivity index (χ3n) is 5.73. The van der Waals surface area contributed by atoms with Crippen LogP contribution in [-0.4, -0.2) is 17.1 Å². The number of fused-ring (bicyclic) bond motifs is 1. The average Bonchev–Trinajstić information content (AvgIpc) is 3.20. The molecule has 5 nitrogen and oxygen atoms in total. The summed E-state index contributed by atoms with van der Waals surface area (Å²) in [6.07, 6.45) is 1.69. The lowest BCUT2D eigenvalue weighted by atomic mass is 9.93. The van der Waals surface area contributed by atoms with Crippen LogP contribution in [0.25, 0.3) is 11.8 Å². The van der Waals surface area contributed by atoms with E-state index in [1.54, 1.807) is 49.4 Å². The van der Waals surface area contributed by atoms with E-state index in [-0.39, 0.29) is 23.6 Å². The van der Waals surface area contributed by atoms with Crippen molar-refractivity contribution in [1.29, 1.82) is 0 Å². The number of aromatic nitrogens is 1. The minimum absolute atomic E-state index is 0.173. The first-order valence-electron chi connectivity index (χ1n) is 11.3. The second-order valence-electron chi connectivity index (χ2n) is 8.03. The molecular weight excluding hydrogens is 499 g/mol. The highest BCUT2D eigenvalue weighted by Gasteiger charge is 2.35. The van der Waals surface area contributed by atoms with Gasteiger partial charge in [0.15, 0.2) is 4.80 Å². The van der Waals surface area contributed by atoms with E-state index < -0.39 is 12.0 Å². The summed E-state index contributed by atoms with van der Waals surface area (Å²) in [7, 11) is 0. The van der Waals surface area contributed by atoms with E-state index in [2.05, 4.69) is 0 Å². The van der Waals surface area contributed by atoms with E-state index >= 15 is 0 Å². The van der Waals surface area contributed by atoms with Crippen molar-refractivity contribution in [3.05, 3.63) is 132 Å². The van der Waals surface area contributed by atoms with Crippen molar-refractivity contribution in [3.63, 3.8) is 0 Å². The number of carbonyl (C=O) groups is 1. The van der Waals surface area contributed by atoms with E-state index in [1.165, 1.54) is 28.0 Å². The minimum Gasteiger partial charge on any atom is -0.463 e. The van der Waals surface area contributed by atoms with Gasteiger partial charge in [-0.3, -0.25) is 9.36 Å². The number of halogens is 2. The molecule has 180 valence electrons. The van der Waals surface area contributed by atoms with Crippen molar-refractivity contribution in [3.8, 4) is 0 Å². The lowest BCUT2D eigenvalue weighted by Gasteiger charge is -2.25. The maximum Gasteiger partial charge on any atom is 0.338 e. The zero-order chi connectivity index (χ0) is 25.2. The number of esters is 1. The van der Waals surface area contributed by atoms with Crippen molar-refractivity contribution in [1.82, 2.24) is 4.57 Å². The highest BCUT2D eigenvalue weighted by Crippen LogP contribution is 2.35. The van der Waals surface area contributed by atoms with Gasteiger partial charge in [0, 0.05) is 10.6 Å². The molecule has 0 spiro atoms. The first-order chi connectivity index (χ1) is 17.5. The van der Waals surface area contributed by atoms with Gasteiger partial charge in [0.25, 0.3) is 5.56 Å². The number of nitrogens with zero attached hydrogens (tertiary/aromatic N) is 2. The van der Waals surface area contributed by atoms with Crippen molar-refractivity contribution in [2.45, 2.75) is 13.0 Å². The van der Waals surface area contributed by atoms with E-state index in [0.29, 0.717) is 31.2 Å². The normalized spacial score (nSPS) is 15.4. The molecule has 1 aliphatic heterocycles. The number of carbonyl (C=O) groups excluding carboxylic acids is 1. The summed E-state index contributed by atoms with van der Waals surface area (Å²) < 4.78 is 20.8. The summed E-state index contributed by atoms with van der Waals surface area (Å²) in [5, 5.41) is 0.535. The second kappa shape index (κ2) is 10.0. The molecule has 0 bridgehead atoms. The van der Waals surface area contributed by atoms with Crippen LogP contribution in [0.1, 0.15) is 29.7 Å². The average molecular weight is 519 g/mol. The van der Waals surface area contributed by atoms with E-state index in [9.17, 15) is 14.0 Å². The van der Waals surface area contributed by atoms with Crippen molar-refractivity contribution < 1.29 is 13.9 Å². The standard InChI is InChI=1S/C28H20ClFN2O3S/c1-2-35-27(34)23-24(18-6-4-3-5-7-18)31-28-32(25(23)19-10-12-20(29)13-11-19)26(33)22(36-28)16-17-8-14-21(30)15-9-17/h3-16,25H,2H2,1H3/b22-16-/t25-/m0/s1. The van der Waals surface area contributed by atoms with Gasteiger partial charge in [-0.15, -0.1) is 0 Å². The zero-order valence-corrected chi connectivity index (χ0v) is 20.7. The highest BCUT2D eigenvalue weighted by atomic mass is 35.5. The zero-order valence-electron chi connectivity index (χ0n) is 19.2. The molecule has 0 aliphatic carbocycles. The van der Waals surface area contributed by atoms with Gasteiger partial charge in [-0.25, -0.2) is 14.2 Å². The Kier molecular flexibility index (Phi) is 6.67. The third kappa shape index (κ3) is 4.55. The third-order valence-corrected chi connectivity index (χ3v) is 6.96. The Morgan fingerprint density at radius 1 is 1.08 bits per heavy atom. The molecule has 0 fully saturated rings. The topological polar surface area (TPSA) is 60.7 Å². The molecular formula is C28H20ClFN2O3S. The Bertz CT molecular complexity index is 1640. The number of rotatable bonds is 5. The van der Waals surface area contributed by atoms with E-state index in [4.69, 9.17) is 21.3 Å². The fourth-order valence-electron chi connectivity index (χ4n) is 4.11. The maximum absolute atomic E-state index is 13.7. The van der Waals surface area contributed by atoms with Crippen molar-refractivity contribution in [2.24, 2.45) is 4.99 Å². The minimum atomic E-state index is -0.775. The van der Waals surface area contributed by atoms with Crippen LogP contribution in [0, 0.1) is 5.82 Å². The highest BCUT2D eigenvalue weighted by molar-refractivity contribution is 7.07. The van der Waals surface area contributed by atoms with Crippen molar-refractivity contribution >= 4 is 40.7 Å². The lowest BCUT2D eigenvalue weighted by molar-refractivity contribution is -0.138. The van der Waals surface area contributed by atoms with Crippen LogP contribution >= 0.6 is 22.9 Å². The molecule has 36 heavy (non-hydrogen) atoms. The quantitative estimate of drug-likeness (QED) is 0.359. The van der Waals surface area contributed by atoms with Gasteiger partial charge >= 0.3 is 5.97 Å². The lowest BCUT2D eigenvalue weighted by Crippen LogP contribution is -2.40. The fourth-order valence-corrected chi connectivity index (χ4v) is 5.24. The van der Waals surface area contributed by atoms with Gasteiger partial charge < -0.3 is 4.74 Å². The van der Waals surface area contributed by atoms with Gasteiger partial charge in [-0.1, -0.05) is 77.5 Å². The van der Waals surface area contributed by atoms with Gasteiger partial charge in [-0.2, -0.15) is 0 Å². The molecule has 4 aromatic rings. The number of benzene rings is 3. The molecule has 0 saturated carbocycles. The summed E-state index contributed by atoms with van der Waals surface area (Å²) in [5.41, 5.74) is 2.51. The Balaban J connectivity index is 1.82. The molecule has 0 radical (unpaired) electrons. The molecule has 1 atom stereocenters. The Morgan fingerprint density at radius 3 is 2.44 bits per heavy atom. The van der Waals surface area contributed by atoms with Gasteiger partial charge in [-0.05, 0) is 48.4 Å². The Labute approximate surface area is 215 Å². The van der Waals surface area contributed by atoms with Crippen LogP contribution in [0.15, 0.2) is 94.2 Å². The van der Waals surface area contributed by atoms with Crippen LogP contribution in [0.2, 0.25) is 5.02 Å². The molecule has 1 aliphatic rings. The molecule has 0 saturated heterocycles. The number of ether oxygens (including phenoxy) is 1. The maximum atomic E-state index is 13.7. The molecule has 5 rings (SSSR count). The van der Waals surface area contributed by atoms with Crippen LogP contribution in [0.5, 0.6) is 0 Å². The molecule has 1 aromatic heterocycles. The van der Waals surface area contributed by atoms with Crippen LogP contribution in [-0.2, 0) is 9.53 Å². The second-order valence-corrected chi connectivity index (χ2v) is 9.48. The monoisotopic (exact) mass is 518 g/mol. The van der Waals surface area contributed by atoms with Crippen LogP contribution in [0.4, 0.5) is 4.39 Å². The van der Waals surface area contributed by atoms with Crippen molar-refractivity contribution in [2.75, 3.05) is 6.61 Å². The summed E-state index contributed by atoms with van der Waals surface area (Å²) in [5.74, 6) is -0.907. The smallest absolute Gasteiger partial charge is 0.338 e. The summed E-state index contributed by atoms with van der Waals surface area (Å²) in [6.45, 7) is 1.91. The van der Waals surface area contributed by atoms with Gasteiger partial charge in [0.2, 0.25) is 0 Å². The van der Waals surface area contributed by atoms with E-state index in [0.717, 1.165) is 5.56 Å². The predicted molar refractivity (Wildman–Crippen MR) is 139 cm³/mol. The summed E-state index contributed by atoms with van der Waals surface area (Å²) in [6, 6.07) is 21.5. The largest absolute Gasteiger partial charge is 0.463 e. The molecule has 2 heterocycles. The van der Waals surface area contributed by atoms with Gasteiger partial charge in [0.1, 0.15) is 5.82 Å². The molecule has 8 heteroatoms. The predicted octanol–water partition coefficient (Wildman–Crippen LogP) is 4.73. The fraction of sp³-hybridized carbons (Fsp3) is 0.107. The Hall–Kier alpha value is -3.81. The van der Waals surface area contributed by atoms with Gasteiger partial charge in [0.05, 0.1) is 28.5 Å². The first-order valence-corrected chi connectivity index (χ1v) is 12.4.